The summed E-state index contributed by atoms with van der Waals surface area (Å²) in [6, 6.07) is 6.14. The maximum absolute atomic E-state index is 10.2. The van der Waals surface area contributed by atoms with Crippen LogP contribution in [-0.2, 0) is 11.2 Å². The zero-order valence-electron chi connectivity index (χ0n) is 9.12. The van der Waals surface area contributed by atoms with Crippen LogP contribution in [-0.4, -0.2) is 12.9 Å². The number of alkyl halides is 1. The Morgan fingerprint density at radius 2 is 2.38 bits per heavy atom. The molecule has 86 valence electrons. The fourth-order valence-electron chi connectivity index (χ4n) is 1.95. The minimum absolute atomic E-state index is 0.00542. The first-order chi connectivity index (χ1) is 7.81. The van der Waals surface area contributed by atoms with E-state index in [0.29, 0.717) is 6.42 Å². The minimum Gasteiger partial charge on any atom is -0.493 e. The lowest BCUT2D eigenvalue weighted by atomic mass is 10.0. The van der Waals surface area contributed by atoms with Gasteiger partial charge < -0.3 is 9.53 Å². The molecule has 0 aromatic heterocycles. The van der Waals surface area contributed by atoms with Gasteiger partial charge in [-0.05, 0) is 30.0 Å². The number of hydrogen-bond acceptors (Lipinski definition) is 2. The van der Waals surface area contributed by atoms with E-state index in [-0.39, 0.29) is 5.38 Å². The number of fused-ring (bicyclic) bond motifs is 1. The van der Waals surface area contributed by atoms with E-state index in [1.807, 2.05) is 12.1 Å². The molecule has 1 atom stereocenters. The van der Waals surface area contributed by atoms with Crippen LogP contribution < -0.4 is 4.74 Å². The molecule has 0 saturated heterocycles. The summed E-state index contributed by atoms with van der Waals surface area (Å²) in [6.07, 6.45) is 4.21. The summed E-state index contributed by atoms with van der Waals surface area (Å²) < 4.78 is 5.44. The first kappa shape index (κ1) is 11.5. The topological polar surface area (TPSA) is 26.3 Å². The van der Waals surface area contributed by atoms with Gasteiger partial charge in [-0.25, -0.2) is 0 Å². The van der Waals surface area contributed by atoms with E-state index in [1.54, 1.807) is 0 Å². The molecule has 0 bridgehead atoms. The molecule has 2 nitrogen and oxygen atoms in total. The zero-order chi connectivity index (χ0) is 11.4. The summed E-state index contributed by atoms with van der Waals surface area (Å²) in [5.74, 6) is 0.987. The van der Waals surface area contributed by atoms with Crippen molar-refractivity contribution in [3.8, 4) is 5.75 Å². The van der Waals surface area contributed by atoms with Crippen molar-refractivity contribution in [3.63, 3.8) is 0 Å². The summed E-state index contributed by atoms with van der Waals surface area (Å²) in [6.45, 7) is 0.775. The average Bonchev–Trinajstić information content (AvgIpc) is 2.76. The third-order valence-corrected chi connectivity index (χ3v) is 3.32. The van der Waals surface area contributed by atoms with Crippen LogP contribution in [0.2, 0.25) is 0 Å². The fraction of sp³-hybridized carbons (Fsp3) is 0.462. The molecule has 1 aromatic rings. The van der Waals surface area contributed by atoms with Crippen molar-refractivity contribution >= 4 is 17.9 Å². The van der Waals surface area contributed by atoms with Crippen LogP contribution in [0.1, 0.15) is 35.8 Å². The van der Waals surface area contributed by atoms with Gasteiger partial charge in [0.1, 0.15) is 12.0 Å². The van der Waals surface area contributed by atoms with Gasteiger partial charge in [0.15, 0.2) is 0 Å². The Labute approximate surface area is 101 Å². The molecule has 0 fully saturated rings. The first-order valence-electron chi connectivity index (χ1n) is 5.64. The smallest absolute Gasteiger partial charge is 0.122 e. The van der Waals surface area contributed by atoms with Crippen LogP contribution in [0, 0.1) is 0 Å². The number of ether oxygens (including phenoxy) is 1. The number of hydrogen-bond donors (Lipinski definition) is 0. The van der Waals surface area contributed by atoms with Crippen molar-refractivity contribution in [2.24, 2.45) is 0 Å². The highest BCUT2D eigenvalue weighted by molar-refractivity contribution is 6.20. The normalized spacial score (nSPS) is 15.3. The highest BCUT2D eigenvalue weighted by atomic mass is 35.5. The Bertz CT molecular complexity index is 376. The van der Waals surface area contributed by atoms with Crippen molar-refractivity contribution in [1.29, 1.82) is 0 Å². The molecule has 3 heteroatoms. The molecule has 0 aliphatic carbocycles. The Kier molecular flexibility index (Phi) is 3.83. The molecule has 1 aliphatic rings. The highest BCUT2D eigenvalue weighted by Crippen LogP contribution is 2.32. The largest absolute Gasteiger partial charge is 0.493 e. The number of unbranched alkanes of at least 4 members (excludes halogenated alkanes) is 1. The summed E-state index contributed by atoms with van der Waals surface area (Å²) in [7, 11) is 0. The third-order valence-electron chi connectivity index (χ3n) is 2.85. The molecule has 0 radical (unpaired) electrons. The SMILES string of the molecule is O=CCCCC(Cl)c1ccc2c(c1)CCO2. The van der Waals surface area contributed by atoms with E-state index in [1.165, 1.54) is 5.56 Å². The van der Waals surface area contributed by atoms with E-state index < -0.39 is 0 Å². The van der Waals surface area contributed by atoms with Crippen LogP contribution in [0.5, 0.6) is 5.75 Å². The molecule has 1 aliphatic heterocycles. The van der Waals surface area contributed by atoms with Gasteiger partial charge in [-0.1, -0.05) is 12.1 Å². The minimum atomic E-state index is 0.00542. The van der Waals surface area contributed by atoms with E-state index in [0.717, 1.165) is 43.5 Å². The molecule has 0 amide bonds. The van der Waals surface area contributed by atoms with Gasteiger partial charge in [0.05, 0.1) is 12.0 Å². The second-order valence-electron chi connectivity index (χ2n) is 4.03. The van der Waals surface area contributed by atoms with Crippen molar-refractivity contribution in [3.05, 3.63) is 29.3 Å². The summed E-state index contributed by atoms with van der Waals surface area (Å²) in [5.41, 5.74) is 2.38. The van der Waals surface area contributed by atoms with Gasteiger partial charge in [-0.3, -0.25) is 0 Å². The van der Waals surface area contributed by atoms with Gasteiger partial charge in [-0.15, -0.1) is 11.6 Å². The van der Waals surface area contributed by atoms with E-state index >= 15 is 0 Å². The van der Waals surface area contributed by atoms with E-state index in [2.05, 4.69) is 6.07 Å². The van der Waals surface area contributed by atoms with Gasteiger partial charge in [0.2, 0.25) is 0 Å². The molecular weight excluding hydrogens is 224 g/mol. The van der Waals surface area contributed by atoms with Gasteiger partial charge >= 0.3 is 0 Å². The third kappa shape index (κ3) is 2.56. The predicted octanol–water partition coefficient (Wildman–Crippen LogP) is 3.27. The van der Waals surface area contributed by atoms with E-state index in [9.17, 15) is 4.79 Å². The molecule has 1 heterocycles. The molecular formula is C13H15ClO2. The summed E-state index contributed by atoms with van der Waals surface area (Å²) >= 11 is 6.29. The lowest BCUT2D eigenvalue weighted by Crippen LogP contribution is -1.92. The van der Waals surface area contributed by atoms with Gasteiger partial charge in [-0.2, -0.15) is 0 Å². The van der Waals surface area contributed by atoms with Crippen molar-refractivity contribution in [2.45, 2.75) is 31.1 Å². The van der Waals surface area contributed by atoms with Crippen LogP contribution in [0.25, 0.3) is 0 Å². The fourth-order valence-corrected chi connectivity index (χ4v) is 2.24. The molecule has 16 heavy (non-hydrogen) atoms. The lowest BCUT2D eigenvalue weighted by Gasteiger charge is -2.10. The Morgan fingerprint density at radius 1 is 1.50 bits per heavy atom. The Balaban J connectivity index is 2.00. The lowest BCUT2D eigenvalue weighted by molar-refractivity contribution is -0.107. The molecule has 1 aromatic carbocycles. The van der Waals surface area contributed by atoms with Crippen LogP contribution in [0.4, 0.5) is 0 Å². The van der Waals surface area contributed by atoms with Crippen molar-refractivity contribution in [1.82, 2.24) is 0 Å². The zero-order valence-corrected chi connectivity index (χ0v) is 9.87. The number of halogens is 1. The highest BCUT2D eigenvalue weighted by Gasteiger charge is 2.15. The molecule has 1 unspecified atom stereocenters. The average molecular weight is 239 g/mol. The summed E-state index contributed by atoms with van der Waals surface area (Å²) in [4.78, 5) is 10.2. The number of benzene rings is 1. The second kappa shape index (κ2) is 5.35. The quantitative estimate of drug-likeness (QED) is 0.447. The van der Waals surface area contributed by atoms with E-state index in [4.69, 9.17) is 16.3 Å². The van der Waals surface area contributed by atoms with Gasteiger partial charge in [0.25, 0.3) is 0 Å². The molecule has 0 saturated carbocycles. The second-order valence-corrected chi connectivity index (χ2v) is 4.56. The van der Waals surface area contributed by atoms with Crippen molar-refractivity contribution in [2.75, 3.05) is 6.61 Å². The first-order valence-corrected chi connectivity index (χ1v) is 6.08. The molecule has 0 N–H and O–H groups in total. The monoisotopic (exact) mass is 238 g/mol. The number of aldehydes is 1. The summed E-state index contributed by atoms with van der Waals surface area (Å²) in [5, 5.41) is 0.00542. The standard InChI is InChI=1S/C13H15ClO2/c14-12(3-1-2-7-15)10-4-5-13-11(9-10)6-8-16-13/h4-5,7,9,12H,1-3,6,8H2. The number of carbonyl (C=O) groups is 1. The van der Waals surface area contributed by atoms with Crippen LogP contribution in [0.3, 0.4) is 0 Å². The Morgan fingerprint density at radius 3 is 3.19 bits per heavy atom. The van der Waals surface area contributed by atoms with Crippen LogP contribution >= 0.6 is 11.6 Å². The molecule has 2 rings (SSSR count). The maximum atomic E-state index is 10.2. The van der Waals surface area contributed by atoms with Crippen LogP contribution in [0.15, 0.2) is 18.2 Å². The van der Waals surface area contributed by atoms with Crippen molar-refractivity contribution < 1.29 is 9.53 Å². The maximum Gasteiger partial charge on any atom is 0.122 e. The number of carbonyl (C=O) groups excluding carboxylic acids is 1. The Hall–Kier alpha value is -1.02. The predicted molar refractivity (Wildman–Crippen MR) is 64.2 cm³/mol. The molecule has 0 spiro atoms. The number of rotatable bonds is 5. The van der Waals surface area contributed by atoms with Gasteiger partial charge in [0, 0.05) is 12.8 Å².